The Hall–Kier alpha value is -0.530. The number of hydrogen-bond donors (Lipinski definition) is 0. The molecule has 1 saturated heterocycles. The van der Waals surface area contributed by atoms with E-state index in [1.54, 1.807) is 0 Å². The van der Waals surface area contributed by atoms with Gasteiger partial charge in [0.1, 0.15) is 0 Å². The molecule has 0 aromatic heterocycles. The van der Waals surface area contributed by atoms with E-state index in [0.29, 0.717) is 12.3 Å². The monoisotopic (exact) mass is 140 g/mol. The van der Waals surface area contributed by atoms with Crippen molar-refractivity contribution in [2.75, 3.05) is 13.1 Å². The molecule has 1 radical (unpaired) electrons. The van der Waals surface area contributed by atoms with Crippen molar-refractivity contribution in [3.63, 3.8) is 0 Å². The maximum atomic E-state index is 11.1. The van der Waals surface area contributed by atoms with E-state index in [9.17, 15) is 4.79 Å². The number of carbonyl (C=O) groups is 1. The second kappa shape index (κ2) is 3.59. The molecule has 1 aliphatic heterocycles. The summed E-state index contributed by atoms with van der Waals surface area (Å²) in [4.78, 5) is 13.1. The molecule has 1 amide bonds. The normalized spacial score (nSPS) is 17.9. The molecule has 2 heteroatoms. The fraction of sp³-hybridized carbons (Fsp3) is 0.750. The van der Waals surface area contributed by atoms with Gasteiger partial charge in [0.25, 0.3) is 0 Å². The molecule has 1 fully saturated rings. The van der Waals surface area contributed by atoms with Gasteiger partial charge >= 0.3 is 0 Å². The van der Waals surface area contributed by atoms with Crippen molar-refractivity contribution in [3.8, 4) is 0 Å². The zero-order valence-electron chi connectivity index (χ0n) is 6.47. The van der Waals surface area contributed by atoms with Crippen LogP contribution in [0.5, 0.6) is 0 Å². The lowest BCUT2D eigenvalue weighted by Gasteiger charge is -2.13. The lowest BCUT2D eigenvalue weighted by molar-refractivity contribution is -0.129. The minimum absolute atomic E-state index is 0.292. The van der Waals surface area contributed by atoms with E-state index in [2.05, 4.69) is 0 Å². The Morgan fingerprint density at radius 2 is 2.10 bits per heavy atom. The molecule has 2 nitrogen and oxygen atoms in total. The van der Waals surface area contributed by atoms with Gasteiger partial charge in [-0.2, -0.15) is 0 Å². The first kappa shape index (κ1) is 7.58. The van der Waals surface area contributed by atoms with Gasteiger partial charge in [0.05, 0.1) is 0 Å². The topological polar surface area (TPSA) is 20.3 Å². The van der Waals surface area contributed by atoms with Gasteiger partial charge in [-0.3, -0.25) is 4.79 Å². The maximum absolute atomic E-state index is 11.1. The standard InChI is InChI=1S/C8H14NO/c1-2-5-8(10)9-6-3-4-7-9/h2H,3-7H2,1H3. The smallest absolute Gasteiger partial charge is 0.222 e. The van der Waals surface area contributed by atoms with Gasteiger partial charge in [-0.05, 0) is 19.3 Å². The zero-order valence-corrected chi connectivity index (χ0v) is 6.47. The van der Waals surface area contributed by atoms with Crippen LogP contribution in [0.25, 0.3) is 0 Å². The third kappa shape index (κ3) is 1.72. The van der Waals surface area contributed by atoms with Crippen LogP contribution in [0.3, 0.4) is 0 Å². The van der Waals surface area contributed by atoms with Crippen molar-refractivity contribution in [1.82, 2.24) is 4.90 Å². The summed E-state index contributed by atoms with van der Waals surface area (Å²) in [6.45, 7) is 3.88. The number of carbonyl (C=O) groups excluding carboxylic acids is 1. The maximum Gasteiger partial charge on any atom is 0.222 e. The van der Waals surface area contributed by atoms with Gasteiger partial charge < -0.3 is 4.90 Å². The van der Waals surface area contributed by atoms with E-state index < -0.39 is 0 Å². The molecule has 57 valence electrons. The van der Waals surface area contributed by atoms with Crippen molar-refractivity contribution in [1.29, 1.82) is 0 Å². The Morgan fingerprint density at radius 1 is 1.50 bits per heavy atom. The number of hydrogen-bond acceptors (Lipinski definition) is 1. The van der Waals surface area contributed by atoms with E-state index in [-0.39, 0.29) is 0 Å². The molecule has 0 bridgehead atoms. The van der Waals surface area contributed by atoms with Crippen molar-refractivity contribution in [3.05, 3.63) is 6.42 Å². The van der Waals surface area contributed by atoms with E-state index in [0.717, 1.165) is 13.1 Å². The Morgan fingerprint density at radius 3 is 2.60 bits per heavy atom. The van der Waals surface area contributed by atoms with Crippen LogP contribution >= 0.6 is 0 Å². The Balaban J connectivity index is 2.25. The Bertz CT molecular complexity index is 116. The van der Waals surface area contributed by atoms with Gasteiger partial charge in [-0.15, -0.1) is 0 Å². The van der Waals surface area contributed by atoms with Crippen LogP contribution in [-0.2, 0) is 4.79 Å². The number of nitrogens with zero attached hydrogens (tertiary/aromatic N) is 1. The average Bonchev–Trinajstić information content (AvgIpc) is 2.38. The van der Waals surface area contributed by atoms with Crippen LogP contribution in [0, 0.1) is 6.42 Å². The molecule has 0 spiro atoms. The average molecular weight is 140 g/mol. The van der Waals surface area contributed by atoms with Gasteiger partial charge in [0.15, 0.2) is 0 Å². The van der Waals surface area contributed by atoms with Gasteiger partial charge in [-0.1, -0.05) is 6.92 Å². The lowest BCUT2D eigenvalue weighted by Crippen LogP contribution is -2.27. The minimum atomic E-state index is 0.292. The van der Waals surface area contributed by atoms with Gasteiger partial charge in [0.2, 0.25) is 5.91 Å². The van der Waals surface area contributed by atoms with Crippen LogP contribution in [0.2, 0.25) is 0 Å². The molecular weight excluding hydrogens is 126 g/mol. The molecule has 1 aliphatic rings. The van der Waals surface area contributed by atoms with E-state index >= 15 is 0 Å². The van der Waals surface area contributed by atoms with Gasteiger partial charge in [0, 0.05) is 19.5 Å². The summed E-state index contributed by atoms with van der Waals surface area (Å²) in [5, 5.41) is 0. The third-order valence-electron chi connectivity index (χ3n) is 1.84. The summed E-state index contributed by atoms with van der Waals surface area (Å²) in [6, 6.07) is 0. The summed E-state index contributed by atoms with van der Waals surface area (Å²) in [5.74, 6) is 0.292. The fourth-order valence-electron chi connectivity index (χ4n) is 1.27. The Kier molecular flexibility index (Phi) is 2.72. The summed E-state index contributed by atoms with van der Waals surface area (Å²) in [6.07, 6.45) is 4.91. The molecule has 0 N–H and O–H groups in total. The van der Waals surface area contributed by atoms with Crippen LogP contribution < -0.4 is 0 Å². The van der Waals surface area contributed by atoms with Crippen LogP contribution in [0.1, 0.15) is 26.2 Å². The highest BCUT2D eigenvalue weighted by Gasteiger charge is 2.15. The number of rotatable bonds is 2. The first-order valence-electron chi connectivity index (χ1n) is 3.90. The largest absolute Gasteiger partial charge is 0.343 e. The second-order valence-electron chi connectivity index (χ2n) is 2.70. The molecule has 0 saturated carbocycles. The number of amides is 1. The third-order valence-corrected chi connectivity index (χ3v) is 1.84. The summed E-state index contributed by atoms with van der Waals surface area (Å²) in [5.41, 5.74) is 0. The van der Waals surface area contributed by atoms with Crippen LogP contribution in [0.4, 0.5) is 0 Å². The van der Waals surface area contributed by atoms with Crippen molar-refractivity contribution in [2.24, 2.45) is 0 Å². The summed E-state index contributed by atoms with van der Waals surface area (Å²) in [7, 11) is 0. The highest BCUT2D eigenvalue weighted by molar-refractivity contribution is 5.77. The SMILES string of the molecule is C[CH]CC(=O)N1CCCC1. The Labute approximate surface area is 62.2 Å². The molecule has 1 heterocycles. The summed E-state index contributed by atoms with van der Waals surface area (Å²) >= 11 is 0. The van der Waals surface area contributed by atoms with Crippen molar-refractivity contribution < 1.29 is 4.79 Å². The first-order valence-corrected chi connectivity index (χ1v) is 3.90. The molecule has 0 aliphatic carbocycles. The highest BCUT2D eigenvalue weighted by Crippen LogP contribution is 2.08. The van der Waals surface area contributed by atoms with Crippen LogP contribution in [0.15, 0.2) is 0 Å². The predicted octanol–water partition coefficient (Wildman–Crippen LogP) is 1.22. The molecule has 10 heavy (non-hydrogen) atoms. The summed E-state index contributed by atoms with van der Waals surface area (Å²) < 4.78 is 0. The van der Waals surface area contributed by atoms with E-state index in [4.69, 9.17) is 0 Å². The van der Waals surface area contributed by atoms with E-state index in [1.165, 1.54) is 12.8 Å². The van der Waals surface area contributed by atoms with E-state index in [1.807, 2.05) is 18.2 Å². The predicted molar refractivity (Wildman–Crippen MR) is 40.4 cm³/mol. The van der Waals surface area contributed by atoms with Crippen molar-refractivity contribution >= 4 is 5.91 Å². The highest BCUT2D eigenvalue weighted by atomic mass is 16.2. The number of likely N-dealkylation sites (tertiary alicyclic amines) is 1. The zero-order chi connectivity index (χ0) is 7.40. The molecule has 0 atom stereocenters. The molecule has 0 unspecified atom stereocenters. The molecular formula is C8H14NO. The fourth-order valence-corrected chi connectivity index (χ4v) is 1.27. The quantitative estimate of drug-likeness (QED) is 0.564. The first-order chi connectivity index (χ1) is 4.84. The lowest BCUT2D eigenvalue weighted by atomic mass is 10.3. The van der Waals surface area contributed by atoms with Crippen molar-refractivity contribution in [2.45, 2.75) is 26.2 Å². The molecule has 0 aromatic carbocycles. The molecule has 0 aromatic rings. The van der Waals surface area contributed by atoms with Gasteiger partial charge in [-0.25, -0.2) is 0 Å². The van der Waals surface area contributed by atoms with Crippen LogP contribution in [-0.4, -0.2) is 23.9 Å². The minimum Gasteiger partial charge on any atom is -0.343 e. The molecule has 1 rings (SSSR count). The second-order valence-corrected chi connectivity index (χ2v) is 2.70.